The predicted molar refractivity (Wildman–Crippen MR) is 63.7 cm³/mol. The lowest BCUT2D eigenvalue weighted by Gasteiger charge is -2.05. The topological polar surface area (TPSA) is 75.1 Å². The number of carboxylic acid groups (broad SMARTS) is 1. The minimum Gasteiger partial charge on any atom is -0.476 e. The van der Waals surface area contributed by atoms with Gasteiger partial charge in [-0.2, -0.15) is 0 Å². The molecule has 0 unspecified atom stereocenters. The van der Waals surface area contributed by atoms with Gasteiger partial charge < -0.3 is 10.4 Å². The predicted octanol–water partition coefficient (Wildman–Crippen LogP) is 2.57. The van der Waals surface area contributed by atoms with Gasteiger partial charge in [0, 0.05) is 10.7 Å². The highest BCUT2D eigenvalue weighted by Gasteiger charge is 2.04. The zero-order chi connectivity index (χ0) is 12.3. The number of carboxylic acids is 1. The van der Waals surface area contributed by atoms with Crippen molar-refractivity contribution in [2.45, 2.75) is 0 Å². The fourth-order valence-electron chi connectivity index (χ4n) is 1.22. The van der Waals surface area contributed by atoms with E-state index in [1.165, 1.54) is 12.4 Å². The first kappa shape index (κ1) is 11.3. The van der Waals surface area contributed by atoms with Crippen LogP contribution in [-0.4, -0.2) is 21.0 Å². The third-order valence-electron chi connectivity index (χ3n) is 1.97. The minimum absolute atomic E-state index is 0.0957. The molecular weight excluding hydrogens is 242 g/mol. The van der Waals surface area contributed by atoms with Crippen molar-refractivity contribution >= 4 is 29.1 Å². The lowest BCUT2D eigenvalue weighted by molar-refractivity contribution is 0.0690. The highest BCUT2D eigenvalue weighted by molar-refractivity contribution is 6.30. The van der Waals surface area contributed by atoms with Crippen LogP contribution in [0, 0.1) is 0 Å². The third-order valence-corrected chi connectivity index (χ3v) is 2.20. The van der Waals surface area contributed by atoms with E-state index in [4.69, 9.17) is 16.7 Å². The van der Waals surface area contributed by atoms with Gasteiger partial charge in [-0.05, 0) is 18.2 Å². The molecule has 1 aromatic heterocycles. The molecule has 0 aliphatic heterocycles. The molecule has 0 amide bonds. The quantitative estimate of drug-likeness (QED) is 0.874. The van der Waals surface area contributed by atoms with Crippen molar-refractivity contribution in [3.63, 3.8) is 0 Å². The molecule has 0 aliphatic rings. The molecule has 0 saturated heterocycles. The molecule has 1 heterocycles. The number of nitrogens with one attached hydrogen (secondary N) is 1. The normalized spacial score (nSPS) is 9.94. The number of hydrogen-bond acceptors (Lipinski definition) is 4. The SMILES string of the molecule is O=C(O)c1cnc(Nc2cccc(Cl)c2)cn1. The maximum Gasteiger partial charge on any atom is 0.356 e. The first-order valence-corrected chi connectivity index (χ1v) is 5.11. The monoisotopic (exact) mass is 249 g/mol. The standard InChI is InChI=1S/C11H8ClN3O2/c12-7-2-1-3-8(4-7)15-10-6-13-9(5-14-10)11(16)17/h1-6H,(H,14,15)(H,16,17). The van der Waals surface area contributed by atoms with Crippen molar-refractivity contribution in [2.75, 3.05) is 5.32 Å². The molecule has 2 N–H and O–H groups in total. The van der Waals surface area contributed by atoms with Crippen LogP contribution in [-0.2, 0) is 0 Å². The number of hydrogen-bond donors (Lipinski definition) is 2. The highest BCUT2D eigenvalue weighted by atomic mass is 35.5. The average molecular weight is 250 g/mol. The molecule has 0 fully saturated rings. The molecule has 0 bridgehead atoms. The summed E-state index contributed by atoms with van der Waals surface area (Å²) < 4.78 is 0. The van der Waals surface area contributed by atoms with Crippen molar-refractivity contribution in [1.29, 1.82) is 0 Å². The van der Waals surface area contributed by atoms with Crippen molar-refractivity contribution in [3.8, 4) is 0 Å². The average Bonchev–Trinajstić information content (AvgIpc) is 2.29. The molecule has 0 saturated carbocycles. The first-order chi connectivity index (χ1) is 8.15. The van der Waals surface area contributed by atoms with Crippen LogP contribution in [0.2, 0.25) is 5.02 Å². The second kappa shape index (κ2) is 4.80. The number of anilines is 2. The number of nitrogens with zero attached hydrogens (tertiary/aromatic N) is 2. The maximum absolute atomic E-state index is 10.6. The Hall–Kier alpha value is -2.14. The van der Waals surface area contributed by atoms with Crippen LogP contribution in [0.25, 0.3) is 0 Å². The number of carbonyl (C=O) groups is 1. The number of aromatic nitrogens is 2. The van der Waals surface area contributed by atoms with Gasteiger partial charge in [-0.3, -0.25) is 0 Å². The van der Waals surface area contributed by atoms with Gasteiger partial charge in [-0.25, -0.2) is 14.8 Å². The van der Waals surface area contributed by atoms with Gasteiger partial charge in [0.2, 0.25) is 0 Å². The summed E-state index contributed by atoms with van der Waals surface area (Å²) in [5, 5.41) is 12.2. The Morgan fingerprint density at radius 1 is 1.29 bits per heavy atom. The van der Waals surface area contributed by atoms with E-state index in [0.717, 1.165) is 5.69 Å². The molecule has 0 radical (unpaired) electrons. The highest BCUT2D eigenvalue weighted by Crippen LogP contribution is 2.18. The molecule has 0 aliphatic carbocycles. The largest absolute Gasteiger partial charge is 0.476 e. The van der Waals surface area contributed by atoms with Crippen molar-refractivity contribution in [1.82, 2.24) is 9.97 Å². The summed E-state index contributed by atoms with van der Waals surface area (Å²) in [6, 6.07) is 7.10. The summed E-state index contributed by atoms with van der Waals surface area (Å²) in [7, 11) is 0. The van der Waals surface area contributed by atoms with Crippen LogP contribution in [0.4, 0.5) is 11.5 Å². The smallest absolute Gasteiger partial charge is 0.356 e. The summed E-state index contributed by atoms with van der Waals surface area (Å²) in [4.78, 5) is 18.2. The van der Waals surface area contributed by atoms with Crippen LogP contribution in [0.1, 0.15) is 10.5 Å². The fraction of sp³-hybridized carbons (Fsp3) is 0. The lowest BCUT2D eigenvalue weighted by atomic mass is 10.3. The molecule has 0 atom stereocenters. The Bertz CT molecular complexity index is 543. The van der Waals surface area contributed by atoms with E-state index in [0.29, 0.717) is 10.8 Å². The Balaban J connectivity index is 2.16. The number of aromatic carboxylic acids is 1. The van der Waals surface area contributed by atoms with Gasteiger partial charge in [0.15, 0.2) is 5.69 Å². The zero-order valence-electron chi connectivity index (χ0n) is 8.59. The molecule has 5 nitrogen and oxygen atoms in total. The van der Waals surface area contributed by atoms with E-state index < -0.39 is 5.97 Å². The van der Waals surface area contributed by atoms with Crippen molar-refractivity contribution < 1.29 is 9.90 Å². The summed E-state index contributed by atoms with van der Waals surface area (Å²) >= 11 is 5.82. The first-order valence-electron chi connectivity index (χ1n) is 4.73. The number of rotatable bonds is 3. The van der Waals surface area contributed by atoms with E-state index in [1.807, 2.05) is 6.07 Å². The lowest BCUT2D eigenvalue weighted by Crippen LogP contribution is -2.02. The Morgan fingerprint density at radius 3 is 2.71 bits per heavy atom. The van der Waals surface area contributed by atoms with E-state index in [1.54, 1.807) is 18.2 Å². The van der Waals surface area contributed by atoms with E-state index >= 15 is 0 Å². The molecular formula is C11H8ClN3O2. The minimum atomic E-state index is -1.10. The zero-order valence-corrected chi connectivity index (χ0v) is 9.35. The Morgan fingerprint density at radius 2 is 2.12 bits per heavy atom. The van der Waals surface area contributed by atoms with Gasteiger partial charge in [0.25, 0.3) is 0 Å². The Kier molecular flexibility index (Phi) is 3.20. The van der Waals surface area contributed by atoms with Crippen molar-refractivity contribution in [2.24, 2.45) is 0 Å². The fourth-order valence-corrected chi connectivity index (χ4v) is 1.41. The van der Waals surface area contributed by atoms with E-state index in [-0.39, 0.29) is 5.69 Å². The molecule has 1 aromatic carbocycles. The van der Waals surface area contributed by atoms with Crippen LogP contribution >= 0.6 is 11.6 Å². The number of halogens is 1. The summed E-state index contributed by atoms with van der Waals surface area (Å²) in [6.07, 6.45) is 2.54. The van der Waals surface area contributed by atoms with Gasteiger partial charge in [-0.15, -0.1) is 0 Å². The molecule has 2 rings (SSSR count). The molecule has 6 heteroatoms. The van der Waals surface area contributed by atoms with Crippen LogP contribution in [0.5, 0.6) is 0 Å². The number of benzene rings is 1. The molecule has 0 spiro atoms. The van der Waals surface area contributed by atoms with Crippen LogP contribution in [0.3, 0.4) is 0 Å². The van der Waals surface area contributed by atoms with Gasteiger partial charge >= 0.3 is 5.97 Å². The van der Waals surface area contributed by atoms with Gasteiger partial charge in [-0.1, -0.05) is 17.7 Å². The third kappa shape index (κ3) is 2.92. The van der Waals surface area contributed by atoms with Crippen LogP contribution < -0.4 is 5.32 Å². The second-order valence-corrected chi connectivity index (χ2v) is 3.66. The molecule has 17 heavy (non-hydrogen) atoms. The van der Waals surface area contributed by atoms with Gasteiger partial charge in [0.1, 0.15) is 5.82 Å². The Labute approximate surface area is 102 Å². The van der Waals surface area contributed by atoms with E-state index in [2.05, 4.69) is 15.3 Å². The van der Waals surface area contributed by atoms with E-state index in [9.17, 15) is 4.79 Å². The van der Waals surface area contributed by atoms with Crippen LogP contribution in [0.15, 0.2) is 36.7 Å². The van der Waals surface area contributed by atoms with Crippen molar-refractivity contribution in [3.05, 3.63) is 47.4 Å². The summed E-state index contributed by atoms with van der Waals surface area (Å²) in [5.41, 5.74) is 0.663. The summed E-state index contributed by atoms with van der Waals surface area (Å²) in [5.74, 6) is -0.649. The van der Waals surface area contributed by atoms with Gasteiger partial charge in [0.05, 0.1) is 12.4 Å². The molecule has 2 aromatic rings. The molecule has 86 valence electrons. The maximum atomic E-state index is 10.6. The summed E-state index contributed by atoms with van der Waals surface area (Å²) in [6.45, 7) is 0. The second-order valence-electron chi connectivity index (χ2n) is 3.23.